The molecule has 0 radical (unpaired) electrons. The molecule has 0 saturated carbocycles. The average Bonchev–Trinajstić information content (AvgIpc) is 2.91. The molecule has 4 nitrogen and oxygen atoms in total. The summed E-state index contributed by atoms with van der Waals surface area (Å²) in [5.41, 5.74) is 3.26. The molecule has 1 atom stereocenters. The number of nitrogens with one attached hydrogen (secondary N) is 1. The molecule has 126 valence electrons. The van der Waals surface area contributed by atoms with Crippen LogP contribution >= 0.6 is 11.3 Å². The predicted molar refractivity (Wildman–Crippen MR) is 96.0 cm³/mol. The van der Waals surface area contributed by atoms with E-state index in [2.05, 4.69) is 12.2 Å². The van der Waals surface area contributed by atoms with Crippen molar-refractivity contribution >= 4 is 28.2 Å². The van der Waals surface area contributed by atoms with Gasteiger partial charge in [0.15, 0.2) is 0 Å². The Morgan fingerprint density at radius 1 is 1.25 bits per heavy atom. The minimum Gasteiger partial charge on any atom is -0.465 e. The average molecular weight is 343 g/mol. The fourth-order valence-corrected chi connectivity index (χ4v) is 4.43. The molecule has 0 fully saturated rings. The largest absolute Gasteiger partial charge is 0.465 e. The Labute approximate surface area is 145 Å². The first kappa shape index (κ1) is 16.7. The van der Waals surface area contributed by atoms with E-state index in [1.54, 1.807) is 12.1 Å². The zero-order valence-electron chi connectivity index (χ0n) is 14.1. The van der Waals surface area contributed by atoms with Crippen LogP contribution in [0.5, 0.6) is 0 Å². The van der Waals surface area contributed by atoms with Gasteiger partial charge in [0.1, 0.15) is 5.00 Å². The molecule has 0 spiro atoms. The number of carbonyl (C=O) groups is 2. The van der Waals surface area contributed by atoms with Crippen molar-refractivity contribution in [3.05, 3.63) is 51.4 Å². The van der Waals surface area contributed by atoms with Crippen LogP contribution in [-0.4, -0.2) is 19.0 Å². The number of aryl methyl sites for hydroxylation is 1. The van der Waals surface area contributed by atoms with Crippen LogP contribution < -0.4 is 5.32 Å². The van der Waals surface area contributed by atoms with E-state index >= 15 is 0 Å². The van der Waals surface area contributed by atoms with Crippen molar-refractivity contribution in [2.45, 2.75) is 33.1 Å². The number of carbonyl (C=O) groups excluding carboxylic acids is 2. The minimum absolute atomic E-state index is 0.202. The van der Waals surface area contributed by atoms with Crippen molar-refractivity contribution in [2.75, 3.05) is 12.4 Å². The molecule has 0 bridgehead atoms. The molecular formula is C19H21NO3S. The lowest BCUT2D eigenvalue weighted by atomic mass is 9.88. The van der Waals surface area contributed by atoms with Gasteiger partial charge in [0.05, 0.1) is 12.7 Å². The van der Waals surface area contributed by atoms with Gasteiger partial charge in [-0.05, 0) is 49.8 Å². The first-order valence-corrected chi connectivity index (χ1v) is 8.92. The van der Waals surface area contributed by atoms with Crippen molar-refractivity contribution < 1.29 is 14.3 Å². The Hall–Kier alpha value is -2.14. The van der Waals surface area contributed by atoms with E-state index in [1.165, 1.54) is 23.3 Å². The van der Waals surface area contributed by atoms with E-state index in [4.69, 9.17) is 4.74 Å². The highest BCUT2D eigenvalue weighted by atomic mass is 32.1. The molecule has 24 heavy (non-hydrogen) atoms. The van der Waals surface area contributed by atoms with Gasteiger partial charge in [-0.25, -0.2) is 4.79 Å². The second kappa shape index (κ2) is 6.77. The third-order valence-electron chi connectivity index (χ3n) is 4.44. The lowest BCUT2D eigenvalue weighted by Gasteiger charge is -2.18. The summed E-state index contributed by atoms with van der Waals surface area (Å²) in [7, 11) is 1.38. The van der Waals surface area contributed by atoms with Gasteiger partial charge < -0.3 is 10.1 Å². The molecule has 1 aromatic carbocycles. The van der Waals surface area contributed by atoms with E-state index in [0.717, 1.165) is 30.4 Å². The molecule has 3 rings (SSSR count). The summed E-state index contributed by atoms with van der Waals surface area (Å²) in [6.07, 6.45) is 2.86. The van der Waals surface area contributed by atoms with Crippen molar-refractivity contribution in [1.82, 2.24) is 0 Å². The molecule has 1 N–H and O–H groups in total. The Balaban J connectivity index is 1.93. The number of esters is 1. The van der Waals surface area contributed by atoms with Crippen molar-refractivity contribution in [2.24, 2.45) is 5.92 Å². The number of fused-ring (bicyclic) bond motifs is 1. The van der Waals surface area contributed by atoms with E-state index in [-0.39, 0.29) is 11.9 Å². The highest BCUT2D eigenvalue weighted by molar-refractivity contribution is 7.17. The lowest BCUT2D eigenvalue weighted by Crippen LogP contribution is -2.16. The summed E-state index contributed by atoms with van der Waals surface area (Å²) in [5.74, 6) is 0.0235. The van der Waals surface area contributed by atoms with Gasteiger partial charge in [-0.15, -0.1) is 11.3 Å². The summed E-state index contributed by atoms with van der Waals surface area (Å²) in [6.45, 7) is 4.19. The Kier molecular flexibility index (Phi) is 4.71. The number of methoxy groups -OCH3 is 1. The Morgan fingerprint density at radius 3 is 2.62 bits per heavy atom. The second-order valence-corrected chi connectivity index (χ2v) is 7.47. The van der Waals surface area contributed by atoms with Crippen LogP contribution in [0.25, 0.3) is 0 Å². The van der Waals surface area contributed by atoms with Crippen LogP contribution in [0.15, 0.2) is 24.3 Å². The predicted octanol–water partition coefficient (Wildman–Crippen LogP) is 4.22. The maximum atomic E-state index is 12.5. The standard InChI is InChI=1S/C19H21NO3S/c1-11-4-7-13(8-5-11)17(21)20-18-16(19(22)23-3)14-9-6-12(2)10-15(14)24-18/h4-5,7-8,12H,6,9-10H2,1-3H3,(H,20,21). The molecule has 0 aliphatic heterocycles. The number of ether oxygens (including phenoxy) is 1. The monoisotopic (exact) mass is 343 g/mol. The molecule has 1 aliphatic rings. The number of amides is 1. The van der Waals surface area contributed by atoms with Gasteiger partial charge in [0.2, 0.25) is 0 Å². The number of rotatable bonds is 3. The third-order valence-corrected chi connectivity index (χ3v) is 5.61. The molecule has 1 heterocycles. The molecule has 1 aromatic heterocycles. The zero-order valence-corrected chi connectivity index (χ0v) is 15.0. The molecule has 2 aromatic rings. The van der Waals surface area contributed by atoms with Crippen LogP contribution in [0.4, 0.5) is 5.00 Å². The number of thiophene rings is 1. The topological polar surface area (TPSA) is 55.4 Å². The number of benzene rings is 1. The summed E-state index contributed by atoms with van der Waals surface area (Å²) in [6, 6.07) is 7.38. The van der Waals surface area contributed by atoms with Crippen LogP contribution in [0.2, 0.25) is 0 Å². The zero-order chi connectivity index (χ0) is 17.3. The van der Waals surface area contributed by atoms with Gasteiger partial charge in [-0.3, -0.25) is 4.79 Å². The van der Waals surface area contributed by atoms with Crippen LogP contribution in [-0.2, 0) is 17.6 Å². The number of hydrogen-bond donors (Lipinski definition) is 1. The quantitative estimate of drug-likeness (QED) is 0.849. The van der Waals surface area contributed by atoms with Gasteiger partial charge in [-0.1, -0.05) is 24.6 Å². The molecule has 5 heteroatoms. The van der Waals surface area contributed by atoms with Gasteiger partial charge >= 0.3 is 5.97 Å². The Morgan fingerprint density at radius 2 is 1.96 bits per heavy atom. The van der Waals surface area contributed by atoms with E-state index in [9.17, 15) is 9.59 Å². The van der Waals surface area contributed by atoms with Crippen molar-refractivity contribution in [1.29, 1.82) is 0 Å². The highest BCUT2D eigenvalue weighted by Gasteiger charge is 2.28. The van der Waals surface area contributed by atoms with Gasteiger partial charge in [0.25, 0.3) is 5.91 Å². The van der Waals surface area contributed by atoms with E-state index < -0.39 is 0 Å². The number of anilines is 1. The smallest absolute Gasteiger partial charge is 0.341 e. The van der Waals surface area contributed by atoms with E-state index in [1.807, 2.05) is 19.1 Å². The Bertz CT molecular complexity index is 777. The molecule has 1 amide bonds. The molecule has 1 aliphatic carbocycles. The van der Waals surface area contributed by atoms with Gasteiger partial charge in [0, 0.05) is 10.4 Å². The van der Waals surface area contributed by atoms with E-state index in [0.29, 0.717) is 22.0 Å². The summed E-state index contributed by atoms with van der Waals surface area (Å²) >= 11 is 1.50. The minimum atomic E-state index is -0.374. The number of hydrogen-bond acceptors (Lipinski definition) is 4. The normalized spacial score (nSPS) is 16.4. The molecule has 0 saturated heterocycles. The summed E-state index contributed by atoms with van der Waals surface area (Å²) in [5, 5.41) is 3.52. The lowest BCUT2D eigenvalue weighted by molar-refractivity contribution is 0.0601. The highest BCUT2D eigenvalue weighted by Crippen LogP contribution is 2.40. The van der Waals surface area contributed by atoms with Crippen LogP contribution in [0, 0.1) is 12.8 Å². The maximum Gasteiger partial charge on any atom is 0.341 e. The van der Waals surface area contributed by atoms with Gasteiger partial charge in [-0.2, -0.15) is 0 Å². The molecular weight excluding hydrogens is 322 g/mol. The fraction of sp³-hybridized carbons (Fsp3) is 0.368. The first-order valence-electron chi connectivity index (χ1n) is 8.10. The van der Waals surface area contributed by atoms with Crippen LogP contribution in [0.3, 0.4) is 0 Å². The SMILES string of the molecule is COC(=O)c1c(NC(=O)c2ccc(C)cc2)sc2c1CCC(C)C2. The van der Waals surface area contributed by atoms with Crippen molar-refractivity contribution in [3.63, 3.8) is 0 Å². The summed E-state index contributed by atoms with van der Waals surface area (Å²) < 4.78 is 4.95. The molecule has 1 unspecified atom stereocenters. The third kappa shape index (κ3) is 3.22. The van der Waals surface area contributed by atoms with Crippen molar-refractivity contribution in [3.8, 4) is 0 Å². The summed E-state index contributed by atoms with van der Waals surface area (Å²) in [4.78, 5) is 25.9. The first-order chi connectivity index (χ1) is 11.5. The second-order valence-electron chi connectivity index (χ2n) is 6.37. The van der Waals surface area contributed by atoms with Crippen LogP contribution in [0.1, 0.15) is 50.1 Å². The maximum absolute atomic E-state index is 12.5. The fourth-order valence-electron chi connectivity index (χ4n) is 3.04.